The number of hydrogen-bond acceptors (Lipinski definition) is 6. The van der Waals surface area contributed by atoms with Gasteiger partial charge in [-0.1, -0.05) is 142 Å². The summed E-state index contributed by atoms with van der Waals surface area (Å²) in [6, 6.07) is 45.5. The van der Waals surface area contributed by atoms with E-state index in [2.05, 4.69) is 171 Å². The zero-order valence-corrected chi connectivity index (χ0v) is 44.1. The molecule has 360 valence electrons. The minimum Gasteiger partial charge on any atom is -0.496 e. The molecule has 0 fully saturated rings. The molecule has 0 bridgehead atoms. The van der Waals surface area contributed by atoms with Gasteiger partial charge in [-0.05, 0) is 141 Å². The molecule has 8 rings (SSSR count). The molecule has 8 aromatic rings. The summed E-state index contributed by atoms with van der Waals surface area (Å²) in [5, 5.41) is 4.09. The standard InChI is InChI=1S/C31H34N2O2.C30H31BrN2O2/c1-21-7-13-27-26(17-21)15-16-32-30(27)33(29(34)19-31(3,4)5)20-23-8-10-24(11-9-23)25-12-14-28(35-6)22(2)18-25;1-20-16-23(10-13-27(20)35-5)22-8-6-21(7-9-22)19-33(28(34)18-30(2,3)4)29-26-12-11-25(31)17-24(26)14-15-32-29/h7-18H,19-20H2,1-6H3;6-17H,18-19H2,1-5H3. The van der Waals surface area contributed by atoms with Crippen LogP contribution in [0.2, 0.25) is 0 Å². The molecule has 8 nitrogen and oxygen atoms in total. The first-order valence-corrected chi connectivity index (χ1v) is 24.6. The number of pyridine rings is 2. The highest BCUT2D eigenvalue weighted by molar-refractivity contribution is 9.10. The highest BCUT2D eigenvalue weighted by Crippen LogP contribution is 2.34. The van der Waals surface area contributed by atoms with Crippen molar-refractivity contribution >= 4 is 60.9 Å². The average Bonchev–Trinajstić information content (AvgIpc) is 3.31. The smallest absolute Gasteiger partial charge is 0.229 e. The van der Waals surface area contributed by atoms with Gasteiger partial charge in [0.1, 0.15) is 23.1 Å². The van der Waals surface area contributed by atoms with E-state index in [0.717, 1.165) is 82.0 Å². The molecule has 0 aliphatic carbocycles. The number of hydrogen-bond donors (Lipinski definition) is 0. The van der Waals surface area contributed by atoms with Gasteiger partial charge in [0, 0.05) is 40.5 Å². The fourth-order valence-corrected chi connectivity index (χ4v) is 8.97. The van der Waals surface area contributed by atoms with Crippen LogP contribution in [0.3, 0.4) is 0 Å². The van der Waals surface area contributed by atoms with Crippen LogP contribution >= 0.6 is 15.9 Å². The minimum absolute atomic E-state index is 0.0651. The van der Waals surface area contributed by atoms with Crippen molar-refractivity contribution in [2.24, 2.45) is 10.8 Å². The first kappa shape index (κ1) is 51.0. The van der Waals surface area contributed by atoms with Gasteiger partial charge in [0.25, 0.3) is 0 Å². The topological polar surface area (TPSA) is 84.9 Å². The third-order valence-electron chi connectivity index (χ3n) is 12.1. The van der Waals surface area contributed by atoms with Gasteiger partial charge in [-0.25, -0.2) is 9.97 Å². The maximum Gasteiger partial charge on any atom is 0.229 e. The summed E-state index contributed by atoms with van der Waals surface area (Å²) in [4.78, 5) is 40.1. The molecular weight excluding hydrogens is 933 g/mol. The van der Waals surface area contributed by atoms with Gasteiger partial charge >= 0.3 is 0 Å². The zero-order valence-electron chi connectivity index (χ0n) is 42.5. The first-order chi connectivity index (χ1) is 33.3. The molecule has 0 radical (unpaired) electrons. The van der Waals surface area contributed by atoms with E-state index in [1.807, 2.05) is 60.0 Å². The Balaban J connectivity index is 0.000000206. The number of amides is 2. The highest BCUT2D eigenvalue weighted by atomic mass is 79.9. The number of aryl methyl sites for hydroxylation is 3. The molecule has 9 heteroatoms. The fourth-order valence-electron chi connectivity index (χ4n) is 8.59. The summed E-state index contributed by atoms with van der Waals surface area (Å²) in [7, 11) is 3.38. The zero-order chi connectivity index (χ0) is 50.3. The summed E-state index contributed by atoms with van der Waals surface area (Å²) in [5.41, 5.74) is 9.79. The Morgan fingerprint density at radius 1 is 0.500 bits per heavy atom. The van der Waals surface area contributed by atoms with Crippen LogP contribution in [0.4, 0.5) is 11.6 Å². The van der Waals surface area contributed by atoms with Gasteiger partial charge in [0.15, 0.2) is 0 Å². The van der Waals surface area contributed by atoms with Crippen LogP contribution in [0.15, 0.2) is 150 Å². The number of ether oxygens (including phenoxy) is 2. The lowest BCUT2D eigenvalue weighted by Crippen LogP contribution is -2.34. The number of rotatable bonds is 12. The third-order valence-corrected chi connectivity index (χ3v) is 12.6. The van der Waals surface area contributed by atoms with Gasteiger partial charge in [-0.3, -0.25) is 19.4 Å². The fraction of sp³-hybridized carbons (Fsp3) is 0.279. The molecule has 2 heterocycles. The molecule has 0 aliphatic rings. The van der Waals surface area contributed by atoms with Crippen LogP contribution in [0.1, 0.15) is 82.2 Å². The lowest BCUT2D eigenvalue weighted by molar-refractivity contribution is -0.121. The number of methoxy groups -OCH3 is 2. The van der Waals surface area contributed by atoms with Crippen LogP contribution in [0.5, 0.6) is 11.5 Å². The molecule has 0 N–H and O–H groups in total. The molecule has 6 aromatic carbocycles. The number of anilines is 2. The van der Waals surface area contributed by atoms with Crippen molar-refractivity contribution in [2.45, 2.75) is 88.2 Å². The Morgan fingerprint density at radius 3 is 1.30 bits per heavy atom. The van der Waals surface area contributed by atoms with E-state index in [4.69, 9.17) is 9.47 Å². The Bertz CT molecular complexity index is 2920. The maximum absolute atomic E-state index is 13.5. The van der Waals surface area contributed by atoms with Gasteiger partial charge in [-0.15, -0.1) is 0 Å². The molecule has 2 amide bonds. The molecule has 0 saturated carbocycles. The van der Waals surface area contributed by atoms with E-state index in [9.17, 15) is 9.59 Å². The normalized spacial score (nSPS) is 11.5. The van der Waals surface area contributed by atoms with Crippen molar-refractivity contribution in [3.63, 3.8) is 0 Å². The number of aromatic nitrogens is 2. The van der Waals surface area contributed by atoms with Crippen LogP contribution in [-0.4, -0.2) is 36.0 Å². The van der Waals surface area contributed by atoms with E-state index in [1.54, 1.807) is 26.6 Å². The van der Waals surface area contributed by atoms with Gasteiger partial charge in [0.2, 0.25) is 11.8 Å². The second kappa shape index (κ2) is 21.8. The molecule has 2 aromatic heterocycles. The van der Waals surface area contributed by atoms with Crippen LogP contribution in [0, 0.1) is 31.6 Å². The van der Waals surface area contributed by atoms with Crippen molar-refractivity contribution in [1.82, 2.24) is 9.97 Å². The second-order valence-electron chi connectivity index (χ2n) is 20.6. The van der Waals surface area contributed by atoms with Crippen molar-refractivity contribution in [2.75, 3.05) is 24.0 Å². The summed E-state index contributed by atoms with van der Waals surface area (Å²) < 4.78 is 11.8. The van der Waals surface area contributed by atoms with Gasteiger partial charge in [0.05, 0.1) is 27.3 Å². The third kappa shape index (κ3) is 12.9. The molecule has 0 saturated heterocycles. The summed E-state index contributed by atoms with van der Waals surface area (Å²) in [6.07, 6.45) is 4.45. The number of nitrogens with zero attached hydrogens (tertiary/aromatic N) is 4. The number of benzene rings is 6. The Morgan fingerprint density at radius 2 is 0.900 bits per heavy atom. The Kier molecular flexibility index (Phi) is 15.9. The first-order valence-electron chi connectivity index (χ1n) is 23.8. The average molecular weight is 998 g/mol. The van der Waals surface area contributed by atoms with E-state index < -0.39 is 0 Å². The number of carbonyl (C=O) groups is 2. The van der Waals surface area contributed by atoms with Crippen LogP contribution in [-0.2, 0) is 22.7 Å². The quantitative estimate of drug-likeness (QED) is 0.121. The SMILES string of the molecule is COc1ccc(-c2ccc(CN(C(=O)CC(C)(C)C)c3nccc4cc(Br)ccc34)cc2)cc1C.COc1ccc(-c2ccc(CN(C(=O)CC(C)(C)C)c3nccc4cc(C)ccc34)cc2)cc1C. The largest absolute Gasteiger partial charge is 0.496 e. The van der Waals surface area contributed by atoms with Crippen molar-refractivity contribution < 1.29 is 19.1 Å². The molecule has 0 unspecified atom stereocenters. The van der Waals surface area contributed by atoms with Crippen LogP contribution in [0.25, 0.3) is 43.8 Å². The summed E-state index contributed by atoms with van der Waals surface area (Å²) >= 11 is 3.55. The Labute approximate surface area is 422 Å². The number of halogens is 1. The molecule has 0 spiro atoms. The van der Waals surface area contributed by atoms with Crippen molar-refractivity contribution in [3.8, 4) is 33.8 Å². The predicted octanol–water partition coefficient (Wildman–Crippen LogP) is 15.4. The van der Waals surface area contributed by atoms with E-state index in [-0.39, 0.29) is 22.6 Å². The maximum atomic E-state index is 13.5. The second-order valence-corrected chi connectivity index (χ2v) is 21.5. The number of fused-ring (bicyclic) bond motifs is 2. The monoisotopic (exact) mass is 996 g/mol. The molecule has 0 atom stereocenters. The molecular formula is C61H65BrN4O4. The van der Waals surface area contributed by atoms with E-state index >= 15 is 0 Å². The van der Waals surface area contributed by atoms with E-state index in [0.29, 0.717) is 37.6 Å². The highest BCUT2D eigenvalue weighted by Gasteiger charge is 2.27. The van der Waals surface area contributed by atoms with Crippen molar-refractivity contribution in [3.05, 3.63) is 178 Å². The van der Waals surface area contributed by atoms with Gasteiger partial charge in [-0.2, -0.15) is 0 Å². The van der Waals surface area contributed by atoms with Crippen molar-refractivity contribution in [1.29, 1.82) is 0 Å². The Hall–Kier alpha value is -6.84. The predicted molar refractivity (Wildman–Crippen MR) is 293 cm³/mol. The lowest BCUT2D eigenvalue weighted by atomic mass is 9.91. The summed E-state index contributed by atoms with van der Waals surface area (Å²) in [5.74, 6) is 3.32. The lowest BCUT2D eigenvalue weighted by Gasteiger charge is -2.27. The minimum atomic E-state index is -0.126. The van der Waals surface area contributed by atoms with Crippen LogP contribution < -0.4 is 19.3 Å². The molecule has 0 aliphatic heterocycles. The molecule has 70 heavy (non-hydrogen) atoms. The number of carbonyl (C=O) groups excluding carboxylic acids is 2. The van der Waals surface area contributed by atoms with Gasteiger partial charge < -0.3 is 9.47 Å². The van der Waals surface area contributed by atoms with E-state index in [1.165, 1.54) is 5.56 Å². The summed E-state index contributed by atoms with van der Waals surface area (Å²) in [6.45, 7) is 19.6.